The maximum absolute atomic E-state index is 12.7. The van der Waals surface area contributed by atoms with Gasteiger partial charge in [-0.2, -0.15) is 26.3 Å². The molecule has 1 aromatic carbocycles. The summed E-state index contributed by atoms with van der Waals surface area (Å²) in [5, 5.41) is 8.74. The van der Waals surface area contributed by atoms with Gasteiger partial charge in [-0.1, -0.05) is 0 Å². The first-order valence-electron chi connectivity index (χ1n) is 5.08. The van der Waals surface area contributed by atoms with Gasteiger partial charge in [0.25, 0.3) is 0 Å². The zero-order valence-corrected chi connectivity index (χ0v) is 10.1. The molecule has 0 bridgehead atoms. The van der Waals surface area contributed by atoms with Gasteiger partial charge in [-0.3, -0.25) is 4.79 Å². The van der Waals surface area contributed by atoms with Gasteiger partial charge < -0.3 is 9.84 Å². The summed E-state index contributed by atoms with van der Waals surface area (Å²) >= 11 is 0. The first-order valence-corrected chi connectivity index (χ1v) is 5.08. The fourth-order valence-electron chi connectivity index (χ4n) is 1.46. The minimum Gasteiger partial charge on any atom is -0.478 e. The minimum absolute atomic E-state index is 0.0279. The molecule has 116 valence electrons. The first kappa shape index (κ1) is 16.8. The van der Waals surface area contributed by atoms with Gasteiger partial charge in [0.15, 0.2) is 0 Å². The Kier molecular flexibility index (Phi) is 4.21. The topological polar surface area (TPSA) is 63.6 Å². The van der Waals surface area contributed by atoms with E-state index in [1.54, 1.807) is 0 Å². The molecule has 1 rings (SSSR count). The number of hydrogen-bond donors (Lipinski definition) is 1. The molecular formula is C11H6F6O4. The highest BCUT2D eigenvalue weighted by molar-refractivity contribution is 5.94. The number of halogens is 6. The number of carboxylic acid groups (broad SMARTS) is 1. The van der Waals surface area contributed by atoms with E-state index >= 15 is 0 Å². The molecule has 1 aromatic rings. The molecule has 1 N–H and O–H groups in total. The number of ether oxygens (including phenoxy) is 1. The number of rotatable bonds is 2. The second-order valence-electron chi connectivity index (χ2n) is 3.79. The van der Waals surface area contributed by atoms with Gasteiger partial charge in [0.05, 0.1) is 11.1 Å². The number of carboxylic acids is 1. The Morgan fingerprint density at radius 1 is 1.05 bits per heavy atom. The average molecular weight is 316 g/mol. The van der Waals surface area contributed by atoms with Crippen LogP contribution in [-0.2, 0) is 17.1 Å². The van der Waals surface area contributed by atoms with E-state index in [0.717, 1.165) is 0 Å². The Labute approximate surface area is 112 Å². The summed E-state index contributed by atoms with van der Waals surface area (Å²) in [6, 6.07) is -0.323. The number of aromatic carboxylic acids is 1. The van der Waals surface area contributed by atoms with Gasteiger partial charge in [-0.05, 0) is 12.1 Å². The molecule has 0 unspecified atom stereocenters. The number of alkyl halides is 6. The molecule has 0 aromatic heterocycles. The lowest BCUT2D eigenvalue weighted by atomic mass is 10.0. The molecule has 21 heavy (non-hydrogen) atoms. The lowest BCUT2D eigenvalue weighted by Crippen LogP contribution is -2.18. The number of carbonyl (C=O) groups excluding carboxylic acids is 1. The monoisotopic (exact) mass is 316 g/mol. The maximum Gasteiger partial charge on any atom is 0.417 e. The lowest BCUT2D eigenvalue weighted by Gasteiger charge is -2.17. The van der Waals surface area contributed by atoms with E-state index in [1.807, 2.05) is 0 Å². The highest BCUT2D eigenvalue weighted by Gasteiger charge is 2.42. The molecular weight excluding hydrogens is 310 g/mol. The molecule has 0 atom stereocenters. The predicted molar refractivity (Wildman–Crippen MR) is 54.7 cm³/mol. The van der Waals surface area contributed by atoms with E-state index in [0.29, 0.717) is 6.92 Å². The van der Waals surface area contributed by atoms with Crippen molar-refractivity contribution in [1.29, 1.82) is 0 Å². The van der Waals surface area contributed by atoms with E-state index in [4.69, 9.17) is 5.11 Å². The highest BCUT2D eigenvalue weighted by Crippen LogP contribution is 2.41. The molecule has 0 fully saturated rings. The Morgan fingerprint density at radius 2 is 1.57 bits per heavy atom. The van der Waals surface area contributed by atoms with Crippen LogP contribution < -0.4 is 4.74 Å². The van der Waals surface area contributed by atoms with Crippen molar-refractivity contribution in [1.82, 2.24) is 0 Å². The van der Waals surface area contributed by atoms with E-state index < -0.39 is 46.7 Å². The molecule has 0 saturated carbocycles. The third-order valence-electron chi connectivity index (χ3n) is 2.20. The molecule has 0 heterocycles. The van der Waals surface area contributed by atoms with Gasteiger partial charge in [0.1, 0.15) is 11.3 Å². The summed E-state index contributed by atoms with van der Waals surface area (Å²) in [6.07, 6.45) is -10.5. The van der Waals surface area contributed by atoms with Crippen molar-refractivity contribution in [2.45, 2.75) is 19.3 Å². The number of benzene rings is 1. The molecule has 4 nitrogen and oxygen atoms in total. The van der Waals surface area contributed by atoms with Crippen LogP contribution >= 0.6 is 0 Å². The SMILES string of the molecule is CC(=O)Oc1cc(C(F)(F)F)cc(C(F)(F)F)c1C(=O)O. The Bertz CT molecular complexity index is 588. The predicted octanol–water partition coefficient (Wildman–Crippen LogP) is 3.35. The van der Waals surface area contributed by atoms with Crippen LogP contribution in [0.15, 0.2) is 12.1 Å². The van der Waals surface area contributed by atoms with Crippen LogP contribution in [0.2, 0.25) is 0 Å². The van der Waals surface area contributed by atoms with Gasteiger partial charge in [0.2, 0.25) is 0 Å². The van der Waals surface area contributed by atoms with Crippen molar-refractivity contribution in [3.05, 3.63) is 28.8 Å². The minimum atomic E-state index is -5.37. The van der Waals surface area contributed by atoms with E-state index in [2.05, 4.69) is 4.74 Å². The zero-order valence-electron chi connectivity index (χ0n) is 10.1. The van der Waals surface area contributed by atoms with Crippen LogP contribution in [0, 0.1) is 0 Å². The standard InChI is InChI=1S/C11H6F6O4/c1-4(18)21-7-3-5(10(12,13)14)2-6(11(15,16)17)8(7)9(19)20/h2-3H,1H3,(H,19,20). The van der Waals surface area contributed by atoms with E-state index in [1.165, 1.54) is 0 Å². The molecule has 0 radical (unpaired) electrons. The first-order chi connectivity index (χ1) is 9.34. The smallest absolute Gasteiger partial charge is 0.417 e. The van der Waals surface area contributed by atoms with Gasteiger partial charge in [0, 0.05) is 6.92 Å². The summed E-state index contributed by atoms with van der Waals surface area (Å²) in [6.45, 7) is 0.707. The van der Waals surface area contributed by atoms with Crippen molar-refractivity contribution >= 4 is 11.9 Å². The van der Waals surface area contributed by atoms with Crippen molar-refractivity contribution in [3.8, 4) is 5.75 Å². The normalized spacial score (nSPS) is 12.1. The van der Waals surface area contributed by atoms with Crippen LogP contribution in [0.3, 0.4) is 0 Å². The number of carbonyl (C=O) groups is 2. The molecule has 0 spiro atoms. The summed E-state index contributed by atoms with van der Waals surface area (Å²) < 4.78 is 80.0. The third-order valence-corrected chi connectivity index (χ3v) is 2.20. The zero-order chi connectivity index (χ0) is 16.6. The average Bonchev–Trinajstić information content (AvgIpc) is 2.23. The second-order valence-corrected chi connectivity index (χ2v) is 3.79. The van der Waals surface area contributed by atoms with Crippen LogP contribution in [0.5, 0.6) is 5.75 Å². The molecule has 0 aliphatic heterocycles. The van der Waals surface area contributed by atoms with Gasteiger partial charge >= 0.3 is 24.3 Å². The fourth-order valence-corrected chi connectivity index (χ4v) is 1.46. The molecule has 0 saturated heterocycles. The number of esters is 1. The number of hydrogen-bond acceptors (Lipinski definition) is 3. The summed E-state index contributed by atoms with van der Waals surface area (Å²) in [5.41, 5.74) is -5.40. The quantitative estimate of drug-likeness (QED) is 0.516. The third kappa shape index (κ3) is 3.86. The Morgan fingerprint density at radius 3 is 1.90 bits per heavy atom. The summed E-state index contributed by atoms with van der Waals surface area (Å²) in [5.74, 6) is -4.76. The molecule has 0 amide bonds. The Balaban J connectivity index is 3.74. The fraction of sp³-hybridized carbons (Fsp3) is 0.273. The summed E-state index contributed by atoms with van der Waals surface area (Å²) in [4.78, 5) is 21.6. The molecule has 0 aliphatic rings. The van der Waals surface area contributed by atoms with Crippen LogP contribution in [0.1, 0.15) is 28.4 Å². The van der Waals surface area contributed by atoms with Gasteiger partial charge in [-0.25, -0.2) is 4.79 Å². The Hall–Kier alpha value is -2.26. The second kappa shape index (κ2) is 5.26. The molecule has 0 aliphatic carbocycles. The largest absolute Gasteiger partial charge is 0.478 e. The highest BCUT2D eigenvalue weighted by atomic mass is 19.4. The van der Waals surface area contributed by atoms with Crippen LogP contribution in [0.25, 0.3) is 0 Å². The van der Waals surface area contributed by atoms with E-state index in [9.17, 15) is 35.9 Å². The molecule has 10 heteroatoms. The maximum atomic E-state index is 12.7. The van der Waals surface area contributed by atoms with Crippen molar-refractivity contribution in [3.63, 3.8) is 0 Å². The van der Waals surface area contributed by atoms with Gasteiger partial charge in [-0.15, -0.1) is 0 Å². The van der Waals surface area contributed by atoms with Crippen molar-refractivity contribution in [2.24, 2.45) is 0 Å². The summed E-state index contributed by atoms with van der Waals surface area (Å²) in [7, 11) is 0. The van der Waals surface area contributed by atoms with Crippen molar-refractivity contribution in [2.75, 3.05) is 0 Å². The lowest BCUT2D eigenvalue weighted by molar-refractivity contribution is -0.144. The van der Waals surface area contributed by atoms with Crippen LogP contribution in [0.4, 0.5) is 26.3 Å². The van der Waals surface area contributed by atoms with Crippen molar-refractivity contribution < 1.29 is 45.8 Å². The van der Waals surface area contributed by atoms with Crippen LogP contribution in [-0.4, -0.2) is 17.0 Å². The van der Waals surface area contributed by atoms with E-state index in [-0.39, 0.29) is 12.1 Å².